The largest absolute Gasteiger partial charge is 0.465 e. The lowest BCUT2D eigenvalue weighted by Crippen LogP contribution is -2.10. The molecule has 0 spiro atoms. The number of rotatable bonds is 6. The maximum atomic E-state index is 11.6. The van der Waals surface area contributed by atoms with Gasteiger partial charge in [0.05, 0.1) is 6.61 Å². The van der Waals surface area contributed by atoms with Gasteiger partial charge in [0.25, 0.3) is 0 Å². The molecule has 0 radical (unpaired) electrons. The zero-order chi connectivity index (χ0) is 14.4. The number of hydrogen-bond donors (Lipinski definition) is 1. The van der Waals surface area contributed by atoms with E-state index in [0.717, 1.165) is 11.4 Å². The van der Waals surface area contributed by atoms with Crippen LogP contribution >= 0.6 is 0 Å². The molecule has 0 fully saturated rings. The minimum atomic E-state index is -0.193. The second-order valence-electron chi connectivity index (χ2n) is 4.67. The van der Waals surface area contributed by atoms with Gasteiger partial charge < -0.3 is 15.0 Å². The second-order valence-corrected chi connectivity index (χ2v) is 4.67. The highest BCUT2D eigenvalue weighted by Crippen LogP contribution is 2.09. The van der Waals surface area contributed by atoms with Gasteiger partial charge in [-0.2, -0.15) is 0 Å². The van der Waals surface area contributed by atoms with Crippen LogP contribution in [0.1, 0.15) is 17.8 Å². The summed E-state index contributed by atoms with van der Waals surface area (Å²) in [5.41, 5.74) is 7.45. The molecule has 0 atom stereocenters. The van der Waals surface area contributed by atoms with Crippen molar-refractivity contribution in [3.05, 3.63) is 48.0 Å². The Kier molecular flexibility index (Phi) is 4.76. The highest BCUT2D eigenvalue weighted by molar-refractivity contribution is 5.69. The first-order chi connectivity index (χ1) is 9.65. The Hall–Kier alpha value is -2.30. The van der Waals surface area contributed by atoms with Gasteiger partial charge in [0.15, 0.2) is 0 Å². The van der Waals surface area contributed by atoms with Crippen molar-refractivity contribution in [2.45, 2.75) is 19.3 Å². The predicted molar refractivity (Wildman–Crippen MR) is 77.0 cm³/mol. The van der Waals surface area contributed by atoms with E-state index >= 15 is 0 Å². The maximum absolute atomic E-state index is 11.6. The van der Waals surface area contributed by atoms with Crippen LogP contribution in [0.15, 0.2) is 36.7 Å². The van der Waals surface area contributed by atoms with Crippen LogP contribution in [-0.4, -0.2) is 22.1 Å². The lowest BCUT2D eigenvalue weighted by molar-refractivity contribution is -0.143. The summed E-state index contributed by atoms with van der Waals surface area (Å²) >= 11 is 0. The van der Waals surface area contributed by atoms with E-state index in [9.17, 15) is 4.79 Å². The summed E-state index contributed by atoms with van der Waals surface area (Å²) in [7, 11) is 1.92. The number of hydrogen-bond acceptors (Lipinski definition) is 4. The maximum Gasteiger partial charge on any atom is 0.306 e. The summed E-state index contributed by atoms with van der Waals surface area (Å²) in [6.07, 6.45) is 5.25. The van der Waals surface area contributed by atoms with Crippen LogP contribution in [0, 0.1) is 0 Å². The number of ether oxygens (including phenoxy) is 1. The number of benzene rings is 1. The Balaban J connectivity index is 1.69. The molecule has 2 N–H and O–H groups in total. The fourth-order valence-corrected chi connectivity index (χ4v) is 1.96. The molecule has 0 saturated heterocycles. The Bertz CT molecular complexity index is 578. The fourth-order valence-electron chi connectivity index (χ4n) is 1.96. The van der Waals surface area contributed by atoms with Gasteiger partial charge in [-0.1, -0.05) is 12.1 Å². The molecule has 5 nitrogen and oxygen atoms in total. The molecule has 5 heteroatoms. The molecule has 0 unspecified atom stereocenters. The van der Waals surface area contributed by atoms with Crippen molar-refractivity contribution in [2.24, 2.45) is 7.05 Å². The molecule has 0 bridgehead atoms. The minimum Gasteiger partial charge on any atom is -0.465 e. The first-order valence-corrected chi connectivity index (χ1v) is 6.61. The average molecular weight is 273 g/mol. The van der Waals surface area contributed by atoms with E-state index in [1.807, 2.05) is 42.1 Å². The minimum absolute atomic E-state index is 0.193. The zero-order valence-corrected chi connectivity index (χ0v) is 11.6. The number of esters is 1. The van der Waals surface area contributed by atoms with E-state index in [-0.39, 0.29) is 5.97 Å². The number of carbonyl (C=O) groups excluding carboxylic acids is 1. The van der Waals surface area contributed by atoms with E-state index in [2.05, 4.69) is 4.98 Å². The average Bonchev–Trinajstić information content (AvgIpc) is 2.82. The first kappa shape index (κ1) is 14.1. The molecule has 106 valence electrons. The van der Waals surface area contributed by atoms with Crippen LogP contribution in [0.5, 0.6) is 0 Å². The summed E-state index contributed by atoms with van der Waals surface area (Å²) in [6, 6.07) is 7.55. The van der Waals surface area contributed by atoms with E-state index in [0.29, 0.717) is 31.6 Å². The van der Waals surface area contributed by atoms with Gasteiger partial charge in [-0.05, 0) is 24.1 Å². The van der Waals surface area contributed by atoms with Crippen molar-refractivity contribution in [1.82, 2.24) is 9.55 Å². The number of anilines is 1. The molecular weight excluding hydrogens is 254 g/mol. The van der Waals surface area contributed by atoms with Gasteiger partial charge in [-0.3, -0.25) is 4.79 Å². The van der Waals surface area contributed by atoms with Gasteiger partial charge in [-0.25, -0.2) is 4.98 Å². The number of nitrogen functional groups attached to an aromatic ring is 1. The molecule has 0 aliphatic rings. The third-order valence-corrected chi connectivity index (χ3v) is 3.08. The van der Waals surface area contributed by atoms with Gasteiger partial charge >= 0.3 is 5.97 Å². The van der Waals surface area contributed by atoms with Gasteiger partial charge in [-0.15, -0.1) is 0 Å². The Labute approximate surface area is 118 Å². The van der Waals surface area contributed by atoms with Crippen molar-refractivity contribution < 1.29 is 9.53 Å². The number of nitrogens with zero attached hydrogens (tertiary/aromatic N) is 2. The van der Waals surface area contributed by atoms with Crippen LogP contribution < -0.4 is 5.73 Å². The molecular formula is C15H19N3O2. The summed E-state index contributed by atoms with van der Waals surface area (Å²) in [4.78, 5) is 15.8. The molecule has 2 rings (SSSR count). The van der Waals surface area contributed by atoms with E-state index in [4.69, 9.17) is 10.5 Å². The van der Waals surface area contributed by atoms with Gasteiger partial charge in [0, 0.05) is 38.0 Å². The number of nitrogens with two attached hydrogens (primary N) is 1. The Morgan fingerprint density at radius 1 is 1.40 bits per heavy atom. The summed E-state index contributed by atoms with van der Waals surface area (Å²) in [6.45, 7) is 0.362. The number of imidazole rings is 1. The van der Waals surface area contributed by atoms with E-state index in [1.54, 1.807) is 6.20 Å². The molecule has 1 aromatic heterocycles. The Morgan fingerprint density at radius 3 is 2.95 bits per heavy atom. The summed E-state index contributed by atoms with van der Waals surface area (Å²) in [5.74, 6) is 0.718. The van der Waals surface area contributed by atoms with Crippen LogP contribution in [0.3, 0.4) is 0 Å². The quantitative estimate of drug-likeness (QED) is 0.642. The van der Waals surface area contributed by atoms with Crippen molar-refractivity contribution in [1.29, 1.82) is 0 Å². The third-order valence-electron chi connectivity index (χ3n) is 3.08. The van der Waals surface area contributed by atoms with Crippen LogP contribution in [0.25, 0.3) is 0 Å². The molecule has 1 heterocycles. The normalized spacial score (nSPS) is 10.4. The molecule has 2 aromatic rings. The lowest BCUT2D eigenvalue weighted by Gasteiger charge is -2.05. The third kappa shape index (κ3) is 4.12. The van der Waals surface area contributed by atoms with Crippen LogP contribution in [0.4, 0.5) is 5.69 Å². The highest BCUT2D eigenvalue weighted by Gasteiger charge is 2.05. The number of carbonyl (C=O) groups is 1. The van der Waals surface area contributed by atoms with Crippen LogP contribution in [-0.2, 0) is 29.4 Å². The van der Waals surface area contributed by atoms with Gasteiger partial charge in [0.1, 0.15) is 5.82 Å². The number of aryl methyl sites for hydroxylation is 2. The summed E-state index contributed by atoms with van der Waals surface area (Å²) in [5, 5.41) is 0. The lowest BCUT2D eigenvalue weighted by atomic mass is 10.1. The van der Waals surface area contributed by atoms with Crippen molar-refractivity contribution in [3.63, 3.8) is 0 Å². The second kappa shape index (κ2) is 6.75. The van der Waals surface area contributed by atoms with Gasteiger partial charge in [0.2, 0.25) is 0 Å². The Morgan fingerprint density at radius 2 is 2.25 bits per heavy atom. The molecule has 20 heavy (non-hydrogen) atoms. The predicted octanol–water partition coefficient (Wildman–Crippen LogP) is 1.72. The molecule has 0 amide bonds. The molecule has 0 saturated carbocycles. The van der Waals surface area contributed by atoms with Crippen molar-refractivity contribution in [3.8, 4) is 0 Å². The zero-order valence-electron chi connectivity index (χ0n) is 11.6. The number of aromatic nitrogens is 2. The SMILES string of the molecule is Cn1ccnc1CCOC(=O)CCc1cccc(N)c1. The molecule has 1 aromatic carbocycles. The summed E-state index contributed by atoms with van der Waals surface area (Å²) < 4.78 is 7.12. The smallest absolute Gasteiger partial charge is 0.306 e. The molecule has 0 aliphatic heterocycles. The first-order valence-electron chi connectivity index (χ1n) is 6.61. The fraction of sp³-hybridized carbons (Fsp3) is 0.333. The van der Waals surface area contributed by atoms with E-state index in [1.165, 1.54) is 0 Å². The molecule has 0 aliphatic carbocycles. The van der Waals surface area contributed by atoms with Crippen molar-refractivity contribution in [2.75, 3.05) is 12.3 Å². The standard InChI is InChI=1S/C15H19N3O2/c1-18-9-8-17-14(18)7-10-20-15(19)6-5-12-3-2-4-13(16)11-12/h2-4,8-9,11H,5-7,10,16H2,1H3. The van der Waals surface area contributed by atoms with Crippen LogP contribution in [0.2, 0.25) is 0 Å². The van der Waals surface area contributed by atoms with E-state index < -0.39 is 0 Å². The monoisotopic (exact) mass is 273 g/mol. The van der Waals surface area contributed by atoms with Crippen molar-refractivity contribution >= 4 is 11.7 Å². The topological polar surface area (TPSA) is 70.1 Å². The highest BCUT2D eigenvalue weighted by atomic mass is 16.5.